The molecule has 4 nitrogen and oxygen atoms in total. The average Bonchev–Trinajstić information content (AvgIpc) is 2.54. The van der Waals surface area contributed by atoms with Crippen LogP contribution in [-0.2, 0) is 16.8 Å². The van der Waals surface area contributed by atoms with Crippen molar-refractivity contribution >= 4 is 0 Å². The SMILES string of the molecule is CCOc1cc(C(C)(O)CC)c(C(C)(O)CC)cc1C(C)(O)CC. The van der Waals surface area contributed by atoms with Gasteiger partial charge in [-0.1, -0.05) is 20.8 Å². The number of aliphatic hydroxyl groups is 3. The molecule has 138 valence electrons. The maximum atomic E-state index is 10.9. The molecule has 0 aliphatic heterocycles. The Labute approximate surface area is 146 Å². The molecule has 3 unspecified atom stereocenters. The van der Waals surface area contributed by atoms with Crippen LogP contribution in [0.3, 0.4) is 0 Å². The van der Waals surface area contributed by atoms with Crippen molar-refractivity contribution in [3.63, 3.8) is 0 Å². The van der Waals surface area contributed by atoms with Gasteiger partial charge in [0.2, 0.25) is 0 Å². The maximum absolute atomic E-state index is 10.9. The van der Waals surface area contributed by atoms with Crippen LogP contribution in [0.2, 0.25) is 0 Å². The van der Waals surface area contributed by atoms with Crippen molar-refractivity contribution in [2.75, 3.05) is 6.61 Å². The van der Waals surface area contributed by atoms with Crippen LogP contribution in [0.4, 0.5) is 0 Å². The van der Waals surface area contributed by atoms with Crippen molar-refractivity contribution in [2.45, 2.75) is 84.5 Å². The van der Waals surface area contributed by atoms with E-state index in [0.717, 1.165) is 0 Å². The van der Waals surface area contributed by atoms with Gasteiger partial charge in [-0.25, -0.2) is 0 Å². The molecule has 0 radical (unpaired) electrons. The Morgan fingerprint density at radius 2 is 1.08 bits per heavy atom. The minimum atomic E-state index is -1.10. The van der Waals surface area contributed by atoms with Gasteiger partial charge in [-0.2, -0.15) is 0 Å². The van der Waals surface area contributed by atoms with E-state index in [2.05, 4.69) is 0 Å². The van der Waals surface area contributed by atoms with Gasteiger partial charge in [0.15, 0.2) is 0 Å². The molecule has 1 rings (SSSR count). The summed E-state index contributed by atoms with van der Waals surface area (Å²) in [4.78, 5) is 0. The van der Waals surface area contributed by atoms with Gasteiger partial charge in [0.25, 0.3) is 0 Å². The van der Waals surface area contributed by atoms with E-state index in [1.54, 1.807) is 32.9 Å². The Hall–Kier alpha value is -1.10. The highest BCUT2D eigenvalue weighted by Crippen LogP contribution is 2.42. The predicted octanol–water partition coefficient (Wildman–Crippen LogP) is 3.94. The summed E-state index contributed by atoms with van der Waals surface area (Å²) in [6, 6.07) is 3.59. The van der Waals surface area contributed by atoms with E-state index >= 15 is 0 Å². The molecule has 0 saturated carbocycles. The summed E-state index contributed by atoms with van der Waals surface area (Å²) in [5.74, 6) is 0.559. The number of hydrogen-bond acceptors (Lipinski definition) is 4. The first kappa shape index (κ1) is 20.9. The molecule has 3 atom stereocenters. The first-order chi connectivity index (χ1) is 11.0. The lowest BCUT2D eigenvalue weighted by atomic mass is 9.78. The Bertz CT molecular complexity index is 559. The van der Waals surface area contributed by atoms with Crippen LogP contribution in [0.15, 0.2) is 12.1 Å². The molecule has 0 aliphatic carbocycles. The molecule has 0 aromatic heterocycles. The highest BCUT2D eigenvalue weighted by Gasteiger charge is 2.36. The van der Waals surface area contributed by atoms with Crippen LogP contribution < -0.4 is 4.74 Å². The van der Waals surface area contributed by atoms with Crippen LogP contribution >= 0.6 is 0 Å². The van der Waals surface area contributed by atoms with E-state index in [-0.39, 0.29) is 0 Å². The summed E-state index contributed by atoms with van der Waals surface area (Å²) in [5, 5.41) is 32.5. The molecular formula is C20H34O4. The van der Waals surface area contributed by atoms with Crippen molar-refractivity contribution in [1.82, 2.24) is 0 Å². The number of hydrogen-bond donors (Lipinski definition) is 3. The fourth-order valence-corrected chi connectivity index (χ4v) is 2.74. The molecule has 4 heteroatoms. The molecule has 24 heavy (non-hydrogen) atoms. The Morgan fingerprint density at radius 1 is 0.708 bits per heavy atom. The monoisotopic (exact) mass is 338 g/mol. The lowest BCUT2D eigenvalue weighted by Crippen LogP contribution is -2.31. The zero-order valence-corrected chi connectivity index (χ0v) is 16.2. The molecule has 3 N–H and O–H groups in total. The van der Waals surface area contributed by atoms with E-state index in [1.165, 1.54) is 0 Å². The van der Waals surface area contributed by atoms with E-state index in [9.17, 15) is 15.3 Å². The zero-order valence-electron chi connectivity index (χ0n) is 16.2. The smallest absolute Gasteiger partial charge is 0.125 e. The lowest BCUT2D eigenvalue weighted by molar-refractivity contribution is 0.0246. The molecule has 0 aliphatic rings. The van der Waals surface area contributed by atoms with Crippen LogP contribution in [0.25, 0.3) is 0 Å². The molecule has 1 aromatic rings. The van der Waals surface area contributed by atoms with Gasteiger partial charge in [-0.05, 0) is 70.2 Å². The second kappa shape index (κ2) is 7.42. The lowest BCUT2D eigenvalue weighted by Gasteiger charge is -2.35. The van der Waals surface area contributed by atoms with Crippen LogP contribution in [-0.4, -0.2) is 21.9 Å². The predicted molar refractivity (Wildman–Crippen MR) is 97.2 cm³/mol. The Kier molecular flexibility index (Phi) is 6.48. The Balaban J connectivity index is 3.80. The third kappa shape index (κ3) is 4.11. The van der Waals surface area contributed by atoms with Gasteiger partial charge in [0.05, 0.1) is 23.4 Å². The van der Waals surface area contributed by atoms with Crippen LogP contribution in [0.1, 0.15) is 84.4 Å². The molecule has 0 amide bonds. The number of rotatable bonds is 8. The second-order valence-corrected chi connectivity index (χ2v) is 7.21. The van der Waals surface area contributed by atoms with Gasteiger partial charge in [0.1, 0.15) is 5.75 Å². The summed E-state index contributed by atoms with van der Waals surface area (Å²) in [7, 11) is 0. The van der Waals surface area contributed by atoms with Crippen LogP contribution in [0.5, 0.6) is 5.75 Å². The third-order valence-corrected chi connectivity index (χ3v) is 5.23. The van der Waals surface area contributed by atoms with E-state index in [4.69, 9.17) is 4.74 Å². The molecule has 0 saturated heterocycles. The van der Waals surface area contributed by atoms with Gasteiger partial charge in [0, 0.05) is 5.56 Å². The summed E-state index contributed by atoms with van der Waals surface area (Å²) >= 11 is 0. The van der Waals surface area contributed by atoms with Crippen molar-refractivity contribution in [1.29, 1.82) is 0 Å². The molecule has 0 bridgehead atoms. The standard InChI is InChI=1S/C20H34O4/c1-8-18(5,21)14-12-16(20(7,23)10-3)17(24-11-4)13-15(14)19(6,22)9-2/h12-13,21-23H,8-11H2,1-7H3. The number of benzene rings is 1. The Morgan fingerprint density at radius 3 is 1.46 bits per heavy atom. The van der Waals surface area contributed by atoms with E-state index in [0.29, 0.717) is 48.3 Å². The molecule has 0 fully saturated rings. The van der Waals surface area contributed by atoms with Gasteiger partial charge < -0.3 is 20.1 Å². The second-order valence-electron chi connectivity index (χ2n) is 7.21. The summed E-state index contributed by atoms with van der Waals surface area (Å²) in [5.41, 5.74) is -1.32. The normalized spacial score (nSPS) is 19.2. The van der Waals surface area contributed by atoms with Crippen molar-refractivity contribution in [2.24, 2.45) is 0 Å². The average molecular weight is 338 g/mol. The van der Waals surface area contributed by atoms with Crippen molar-refractivity contribution < 1.29 is 20.1 Å². The highest BCUT2D eigenvalue weighted by molar-refractivity contribution is 5.49. The van der Waals surface area contributed by atoms with Gasteiger partial charge in [-0.15, -0.1) is 0 Å². The van der Waals surface area contributed by atoms with E-state index < -0.39 is 16.8 Å². The molecular weight excluding hydrogens is 304 g/mol. The highest BCUT2D eigenvalue weighted by atomic mass is 16.5. The molecule has 0 spiro atoms. The minimum absolute atomic E-state index is 0.462. The van der Waals surface area contributed by atoms with Gasteiger partial charge >= 0.3 is 0 Å². The summed E-state index contributed by atoms with van der Waals surface area (Å²) in [6.45, 7) is 13.3. The van der Waals surface area contributed by atoms with Crippen molar-refractivity contribution in [3.8, 4) is 5.75 Å². The summed E-state index contributed by atoms with van der Waals surface area (Å²) in [6.07, 6.45) is 1.53. The molecule has 1 aromatic carbocycles. The minimum Gasteiger partial charge on any atom is -0.493 e. The fourth-order valence-electron chi connectivity index (χ4n) is 2.74. The van der Waals surface area contributed by atoms with Gasteiger partial charge in [-0.3, -0.25) is 0 Å². The van der Waals surface area contributed by atoms with Crippen LogP contribution in [0, 0.1) is 0 Å². The largest absolute Gasteiger partial charge is 0.493 e. The maximum Gasteiger partial charge on any atom is 0.125 e. The quantitative estimate of drug-likeness (QED) is 0.671. The number of ether oxygens (including phenoxy) is 1. The third-order valence-electron chi connectivity index (χ3n) is 5.23. The van der Waals surface area contributed by atoms with E-state index in [1.807, 2.05) is 27.7 Å². The fraction of sp³-hybridized carbons (Fsp3) is 0.700. The molecule has 0 heterocycles. The first-order valence-corrected chi connectivity index (χ1v) is 8.96. The zero-order chi connectivity index (χ0) is 18.8. The topological polar surface area (TPSA) is 69.9 Å². The summed E-state index contributed by atoms with van der Waals surface area (Å²) < 4.78 is 5.75. The van der Waals surface area contributed by atoms with Crippen molar-refractivity contribution in [3.05, 3.63) is 28.8 Å². The first-order valence-electron chi connectivity index (χ1n) is 8.96.